The van der Waals surface area contributed by atoms with Gasteiger partial charge in [-0.15, -0.1) is 6.58 Å². The highest BCUT2D eigenvalue weighted by molar-refractivity contribution is 7.94. The fourth-order valence-electron chi connectivity index (χ4n) is 2.07. The maximum atomic E-state index is 5.33. The zero-order valence-corrected chi connectivity index (χ0v) is 15.8. The topological polar surface area (TPSA) is 9.23 Å². The summed E-state index contributed by atoms with van der Waals surface area (Å²) in [6.07, 6.45) is 1.75. The maximum Gasteiger partial charge on any atom is 0.0508 e. The summed E-state index contributed by atoms with van der Waals surface area (Å²) in [5, 5.41) is 0. The minimum atomic E-state index is 0.527. The third kappa shape index (κ3) is 6.27. The third-order valence-corrected chi connectivity index (χ3v) is 4.05. The molecule has 0 saturated carbocycles. The van der Waals surface area contributed by atoms with Crippen molar-refractivity contribution in [1.82, 2.24) is 0 Å². The molecule has 0 spiro atoms. The van der Waals surface area contributed by atoms with Gasteiger partial charge in [-0.2, -0.15) is 0 Å². The molecule has 0 aliphatic heterocycles. The average molecular weight is 309 g/mol. The van der Waals surface area contributed by atoms with Crippen molar-refractivity contribution in [2.24, 2.45) is 0 Å². The van der Waals surface area contributed by atoms with Crippen molar-refractivity contribution >= 4 is 12.0 Å². The highest BCUT2D eigenvalue weighted by atomic mass is 32.2. The van der Waals surface area contributed by atoms with Crippen LogP contribution in [0.3, 0.4) is 0 Å². The van der Waals surface area contributed by atoms with Crippen LogP contribution in [-0.2, 0) is 4.18 Å². The van der Waals surface area contributed by atoms with E-state index >= 15 is 0 Å². The van der Waals surface area contributed by atoms with E-state index in [0.29, 0.717) is 17.8 Å². The Kier molecular flexibility index (Phi) is 9.72. The lowest BCUT2D eigenvalue weighted by Gasteiger charge is -2.21. The first-order chi connectivity index (χ1) is 9.79. The summed E-state index contributed by atoms with van der Waals surface area (Å²) in [6.45, 7) is 18.8. The van der Waals surface area contributed by atoms with E-state index in [1.165, 1.54) is 33.6 Å². The van der Waals surface area contributed by atoms with Gasteiger partial charge in [0, 0.05) is 16.9 Å². The molecule has 120 valence electrons. The molecular weight excluding hydrogens is 276 g/mol. The summed E-state index contributed by atoms with van der Waals surface area (Å²) >= 11 is 1.51. The van der Waals surface area contributed by atoms with E-state index < -0.39 is 0 Å². The smallest absolute Gasteiger partial charge is 0.0508 e. The second kappa shape index (κ2) is 10.1. The molecule has 1 aromatic carbocycles. The molecule has 0 N–H and O–H groups in total. The molecule has 0 aliphatic rings. The predicted molar refractivity (Wildman–Crippen MR) is 97.4 cm³/mol. The van der Waals surface area contributed by atoms with Crippen molar-refractivity contribution in [3.8, 4) is 0 Å². The number of hydrogen-bond donors (Lipinski definition) is 0. The Morgan fingerprint density at radius 2 is 1.33 bits per heavy atom. The van der Waals surface area contributed by atoms with E-state index in [9.17, 15) is 0 Å². The zero-order valence-electron chi connectivity index (χ0n) is 15.0. The van der Waals surface area contributed by atoms with Crippen molar-refractivity contribution in [3.63, 3.8) is 0 Å². The van der Waals surface area contributed by atoms with Gasteiger partial charge in [0.15, 0.2) is 0 Å². The van der Waals surface area contributed by atoms with Gasteiger partial charge in [-0.3, -0.25) is 0 Å². The highest BCUT2D eigenvalue weighted by Gasteiger charge is 2.17. The average Bonchev–Trinajstić information content (AvgIpc) is 2.39. The summed E-state index contributed by atoms with van der Waals surface area (Å²) in [5.41, 5.74) is 4.26. The summed E-state index contributed by atoms with van der Waals surface area (Å²) in [7, 11) is 1.75. The Labute approximate surface area is 136 Å². The van der Waals surface area contributed by atoms with Gasteiger partial charge in [-0.05, 0) is 41.4 Å². The van der Waals surface area contributed by atoms with Gasteiger partial charge in [0.1, 0.15) is 0 Å². The van der Waals surface area contributed by atoms with Crippen molar-refractivity contribution in [2.45, 2.75) is 71.1 Å². The molecule has 21 heavy (non-hydrogen) atoms. The molecule has 0 heterocycles. The molecule has 0 saturated heterocycles. The van der Waals surface area contributed by atoms with E-state index in [-0.39, 0.29) is 0 Å². The second-order valence-corrected chi connectivity index (χ2v) is 7.06. The van der Waals surface area contributed by atoms with E-state index in [2.05, 4.69) is 60.3 Å². The van der Waals surface area contributed by atoms with Crippen LogP contribution in [0.15, 0.2) is 29.7 Å². The first-order valence-electron chi connectivity index (χ1n) is 7.75. The summed E-state index contributed by atoms with van der Waals surface area (Å²) in [5.74, 6) is 1.62. The first kappa shape index (κ1) is 20.3. The van der Waals surface area contributed by atoms with Gasteiger partial charge in [0.25, 0.3) is 0 Å². The molecule has 0 atom stereocenters. The van der Waals surface area contributed by atoms with Crippen molar-refractivity contribution in [1.29, 1.82) is 0 Å². The van der Waals surface area contributed by atoms with Crippen molar-refractivity contribution < 1.29 is 4.18 Å². The number of allylic oxidation sites excluding steroid dienone is 1. The molecule has 0 radical (unpaired) electrons. The monoisotopic (exact) mass is 308 g/mol. The summed E-state index contributed by atoms with van der Waals surface area (Å²) < 4.78 is 5.33. The number of hydrogen-bond acceptors (Lipinski definition) is 2. The Bertz CT molecular complexity index is 404. The predicted octanol–water partition coefficient (Wildman–Crippen LogP) is 6.90. The molecule has 0 aliphatic carbocycles. The number of rotatable bonds is 5. The van der Waals surface area contributed by atoms with Crippen LogP contribution in [0.5, 0.6) is 0 Å². The van der Waals surface area contributed by atoms with E-state index in [0.717, 1.165) is 0 Å². The second-order valence-electron chi connectivity index (χ2n) is 6.15. The molecule has 0 aromatic heterocycles. The standard InChI is InChI=1S/C16H26OS.C3H6/c1-10(2)13-8-14(11(3)4)16(18-17-7)15(9-13)12(5)6;1-3-2/h8-12H,1-7H3;3H,1H2,2H3. The van der Waals surface area contributed by atoms with Gasteiger partial charge in [-0.25, -0.2) is 0 Å². The van der Waals surface area contributed by atoms with Crippen LogP contribution in [0, 0.1) is 0 Å². The van der Waals surface area contributed by atoms with Crippen molar-refractivity contribution in [2.75, 3.05) is 7.11 Å². The molecule has 0 bridgehead atoms. The van der Waals surface area contributed by atoms with Gasteiger partial charge < -0.3 is 4.18 Å². The molecule has 0 amide bonds. The zero-order chi connectivity index (χ0) is 16.6. The van der Waals surface area contributed by atoms with E-state index in [1.807, 2.05) is 6.92 Å². The Balaban J connectivity index is 0.00000122. The summed E-state index contributed by atoms with van der Waals surface area (Å²) in [6, 6.07) is 4.70. The fraction of sp³-hybridized carbons (Fsp3) is 0.579. The molecular formula is C19H32OS. The normalized spacial score (nSPS) is 10.8. The van der Waals surface area contributed by atoms with Crippen LogP contribution in [-0.4, -0.2) is 7.11 Å². The molecule has 1 aromatic rings. The van der Waals surface area contributed by atoms with Gasteiger partial charge in [-0.1, -0.05) is 59.8 Å². The fourth-order valence-corrected chi connectivity index (χ4v) is 3.02. The number of benzene rings is 1. The van der Waals surface area contributed by atoms with Gasteiger partial charge >= 0.3 is 0 Å². The SMILES string of the molecule is C=CC.COSc1c(C(C)C)cc(C(C)C)cc1C(C)C. The van der Waals surface area contributed by atoms with Crippen LogP contribution in [0.25, 0.3) is 0 Å². The quantitative estimate of drug-likeness (QED) is 0.432. The third-order valence-electron chi connectivity index (χ3n) is 3.25. The molecule has 1 rings (SSSR count). The lowest BCUT2D eigenvalue weighted by atomic mass is 9.89. The maximum absolute atomic E-state index is 5.33. The molecule has 0 unspecified atom stereocenters. The Morgan fingerprint density at radius 3 is 1.57 bits per heavy atom. The van der Waals surface area contributed by atoms with E-state index in [1.54, 1.807) is 13.2 Å². The van der Waals surface area contributed by atoms with Crippen LogP contribution >= 0.6 is 12.0 Å². The Morgan fingerprint density at radius 1 is 0.952 bits per heavy atom. The van der Waals surface area contributed by atoms with Crippen LogP contribution in [0.4, 0.5) is 0 Å². The minimum Gasteiger partial charge on any atom is -0.314 e. The van der Waals surface area contributed by atoms with Gasteiger partial charge in [0.05, 0.1) is 7.11 Å². The van der Waals surface area contributed by atoms with E-state index in [4.69, 9.17) is 4.18 Å². The Hall–Kier alpha value is -0.730. The lowest BCUT2D eigenvalue weighted by Crippen LogP contribution is -2.02. The van der Waals surface area contributed by atoms with Gasteiger partial charge in [0.2, 0.25) is 0 Å². The van der Waals surface area contributed by atoms with Crippen LogP contribution in [0.1, 0.15) is 82.9 Å². The van der Waals surface area contributed by atoms with Crippen molar-refractivity contribution in [3.05, 3.63) is 41.5 Å². The van der Waals surface area contributed by atoms with Crippen LogP contribution in [0.2, 0.25) is 0 Å². The molecule has 1 nitrogen and oxygen atoms in total. The summed E-state index contributed by atoms with van der Waals surface area (Å²) in [4.78, 5) is 1.31. The largest absolute Gasteiger partial charge is 0.314 e. The minimum absolute atomic E-state index is 0.527. The molecule has 0 fully saturated rings. The lowest BCUT2D eigenvalue weighted by molar-refractivity contribution is 0.488. The van der Waals surface area contributed by atoms with Crippen LogP contribution < -0.4 is 0 Å². The first-order valence-corrected chi connectivity index (χ1v) is 8.49. The molecule has 2 heteroatoms. The highest BCUT2D eigenvalue weighted by Crippen LogP contribution is 2.38.